The second-order valence-corrected chi connectivity index (χ2v) is 18.5. The predicted molar refractivity (Wildman–Crippen MR) is 261 cm³/mol. The SMILES string of the molecule is O=C(N[C@@H](C(=O)N1CCC[C@H]1c1ncc(-c2ccc(C#Cc3ccc(-c4cnc([C@@H]5CCCN5C(=O)[C@H](NC(=O)N5CC[C@@H](O)C5)c5ccccc5)[nH]4)cc3)cc2)[nH]1)c1ccccc1)N1CC[C@@H](O)C1. The van der Waals surface area contributed by atoms with Gasteiger partial charge in [0.15, 0.2) is 0 Å². The Labute approximate surface area is 406 Å². The van der Waals surface area contributed by atoms with Crippen molar-refractivity contribution in [2.45, 2.75) is 74.9 Å². The summed E-state index contributed by atoms with van der Waals surface area (Å²) in [5.41, 5.74) is 6.57. The molecule has 4 saturated heterocycles. The third-order valence-electron chi connectivity index (χ3n) is 13.8. The molecule has 4 fully saturated rings. The van der Waals surface area contributed by atoms with Crippen LogP contribution in [0.3, 0.4) is 0 Å². The van der Waals surface area contributed by atoms with Gasteiger partial charge in [-0.25, -0.2) is 19.6 Å². The minimum atomic E-state index is -0.882. The summed E-state index contributed by atoms with van der Waals surface area (Å²) in [6.45, 7) is 2.43. The number of urea groups is 2. The zero-order valence-electron chi connectivity index (χ0n) is 38.7. The highest BCUT2D eigenvalue weighted by molar-refractivity contribution is 5.90. The number of benzene rings is 4. The molecule has 6 amide bonds. The Morgan fingerprint density at radius 1 is 0.543 bits per heavy atom. The van der Waals surface area contributed by atoms with Crippen molar-refractivity contribution in [3.8, 4) is 34.4 Å². The molecule has 70 heavy (non-hydrogen) atoms. The van der Waals surface area contributed by atoms with Crippen LogP contribution in [0.25, 0.3) is 22.5 Å². The van der Waals surface area contributed by atoms with E-state index in [0.29, 0.717) is 61.8 Å². The number of carbonyl (C=O) groups is 4. The molecule has 0 unspecified atom stereocenters. The van der Waals surface area contributed by atoms with E-state index >= 15 is 0 Å². The third kappa shape index (κ3) is 10.0. The van der Waals surface area contributed by atoms with Crippen LogP contribution in [0.1, 0.15) is 96.6 Å². The van der Waals surface area contributed by atoms with E-state index in [-0.39, 0.29) is 49.0 Å². The summed E-state index contributed by atoms with van der Waals surface area (Å²) in [6.07, 6.45) is 6.54. The van der Waals surface area contributed by atoms with Gasteiger partial charge in [-0.15, -0.1) is 0 Å². The zero-order valence-corrected chi connectivity index (χ0v) is 38.7. The molecule has 358 valence electrons. The lowest BCUT2D eigenvalue weighted by molar-refractivity contribution is -0.135. The Balaban J connectivity index is 0.769. The van der Waals surface area contributed by atoms with Gasteiger partial charge in [-0.1, -0.05) is 96.8 Å². The highest BCUT2D eigenvalue weighted by Gasteiger charge is 2.40. The molecule has 0 spiro atoms. The normalized spacial score (nSPS) is 20.8. The molecule has 4 aliphatic heterocycles. The van der Waals surface area contributed by atoms with Gasteiger partial charge in [-0.05, 0) is 85.0 Å². The summed E-state index contributed by atoms with van der Waals surface area (Å²) in [5.74, 6) is 7.51. The molecule has 4 aromatic carbocycles. The van der Waals surface area contributed by atoms with Gasteiger partial charge < -0.3 is 50.4 Å². The Kier molecular flexibility index (Phi) is 13.5. The number of amides is 6. The summed E-state index contributed by atoms with van der Waals surface area (Å²) in [5, 5.41) is 25.9. The number of rotatable bonds is 10. The lowest BCUT2D eigenvalue weighted by atomic mass is 10.0. The molecule has 16 heteroatoms. The average Bonchev–Trinajstić information content (AvgIpc) is 4.26. The van der Waals surface area contributed by atoms with Gasteiger partial charge >= 0.3 is 12.1 Å². The first kappa shape index (κ1) is 46.0. The average molecular weight is 941 g/mol. The number of H-pyrrole nitrogens is 2. The first-order chi connectivity index (χ1) is 34.1. The van der Waals surface area contributed by atoms with Gasteiger partial charge in [-0.2, -0.15) is 0 Å². The number of aliphatic hydroxyl groups excluding tert-OH is 2. The van der Waals surface area contributed by atoms with E-state index in [9.17, 15) is 29.4 Å². The van der Waals surface area contributed by atoms with Crippen molar-refractivity contribution < 1.29 is 29.4 Å². The number of likely N-dealkylation sites (tertiary alicyclic amines) is 4. The molecule has 2 aromatic heterocycles. The lowest BCUT2D eigenvalue weighted by Gasteiger charge is -2.30. The Bertz CT molecular complexity index is 2680. The number of carbonyl (C=O) groups excluding carboxylic acids is 4. The molecule has 6 atom stereocenters. The van der Waals surface area contributed by atoms with Crippen LogP contribution < -0.4 is 10.6 Å². The van der Waals surface area contributed by atoms with Crippen LogP contribution in [-0.4, -0.2) is 125 Å². The molecular weight excluding hydrogens is 885 g/mol. The first-order valence-electron chi connectivity index (χ1n) is 24.2. The molecule has 6 N–H and O–H groups in total. The summed E-state index contributed by atoms with van der Waals surface area (Å²) in [4.78, 5) is 78.1. The molecule has 0 bridgehead atoms. The molecule has 0 aliphatic carbocycles. The standard InChI is InChI=1S/C54H56N10O6/c65-41-25-29-61(33-41)53(69)59-47(39-9-3-1-4-10-39)51(67)63-27-7-13-45(63)49-55-31-43(57-49)37-21-17-35(18-22-37)15-16-36-19-23-38(24-20-36)44-32-56-50(58-44)46-14-8-28-64(46)52(68)48(40-11-5-2-6-12-40)60-54(70)62-30-26-42(66)34-62/h1-6,9-12,17-24,31-32,41-42,45-48,65-66H,7-8,13-14,25-30,33-34H2,(H,55,57)(H,56,58)(H,59,69)(H,60,70)/t41-,42-,45+,46+,47-,48-/m1/s1. The van der Waals surface area contributed by atoms with Crippen LogP contribution in [0, 0.1) is 11.8 Å². The van der Waals surface area contributed by atoms with Crippen molar-refractivity contribution in [1.29, 1.82) is 0 Å². The van der Waals surface area contributed by atoms with E-state index in [1.807, 2.05) is 119 Å². The smallest absolute Gasteiger partial charge is 0.318 e. The van der Waals surface area contributed by atoms with Crippen molar-refractivity contribution in [2.24, 2.45) is 0 Å². The lowest BCUT2D eigenvalue weighted by Crippen LogP contribution is -2.47. The fourth-order valence-corrected chi connectivity index (χ4v) is 10.0. The maximum atomic E-state index is 14.2. The number of aliphatic hydroxyl groups is 2. The van der Waals surface area contributed by atoms with Gasteiger partial charge in [0.25, 0.3) is 0 Å². The van der Waals surface area contributed by atoms with Crippen LogP contribution in [0.5, 0.6) is 0 Å². The second-order valence-electron chi connectivity index (χ2n) is 18.5. The predicted octanol–water partition coefficient (Wildman–Crippen LogP) is 6.23. The molecule has 16 nitrogen and oxygen atoms in total. The number of imidazole rings is 2. The van der Waals surface area contributed by atoms with Gasteiger partial charge in [-0.3, -0.25) is 9.59 Å². The van der Waals surface area contributed by atoms with Crippen LogP contribution in [-0.2, 0) is 9.59 Å². The van der Waals surface area contributed by atoms with E-state index < -0.39 is 24.3 Å². The van der Waals surface area contributed by atoms with E-state index in [4.69, 9.17) is 9.97 Å². The van der Waals surface area contributed by atoms with E-state index in [2.05, 4.69) is 32.4 Å². The third-order valence-corrected chi connectivity index (χ3v) is 13.8. The van der Waals surface area contributed by atoms with E-state index in [1.54, 1.807) is 22.2 Å². The number of aromatic nitrogens is 4. The van der Waals surface area contributed by atoms with Gasteiger partial charge in [0.05, 0.1) is 48.1 Å². The second kappa shape index (κ2) is 20.5. The largest absolute Gasteiger partial charge is 0.391 e. The van der Waals surface area contributed by atoms with Gasteiger partial charge in [0.1, 0.15) is 23.7 Å². The minimum Gasteiger partial charge on any atom is -0.391 e. The van der Waals surface area contributed by atoms with Crippen molar-refractivity contribution >= 4 is 23.9 Å². The minimum absolute atomic E-state index is 0.201. The number of hydrogen-bond donors (Lipinski definition) is 6. The van der Waals surface area contributed by atoms with Crippen LogP contribution in [0.15, 0.2) is 122 Å². The number of aromatic amines is 2. The Hall–Kier alpha value is -7.74. The number of β-amino-alcohol motifs (C(OH)–C–C–N with tert-alkyl or cyclic N) is 2. The maximum Gasteiger partial charge on any atom is 0.318 e. The molecule has 10 rings (SSSR count). The summed E-state index contributed by atoms with van der Waals surface area (Å²) < 4.78 is 0. The Morgan fingerprint density at radius 2 is 0.943 bits per heavy atom. The molecule has 0 radical (unpaired) electrons. The van der Waals surface area contributed by atoms with Crippen LogP contribution in [0.2, 0.25) is 0 Å². The number of nitrogens with one attached hydrogen (secondary N) is 4. The first-order valence-corrected chi connectivity index (χ1v) is 24.2. The van der Waals surface area contributed by atoms with Crippen LogP contribution >= 0.6 is 0 Å². The van der Waals surface area contributed by atoms with E-state index in [0.717, 1.165) is 59.3 Å². The van der Waals surface area contributed by atoms with Crippen LogP contribution in [0.4, 0.5) is 9.59 Å². The van der Waals surface area contributed by atoms with Crippen molar-refractivity contribution in [3.63, 3.8) is 0 Å². The van der Waals surface area contributed by atoms with Crippen molar-refractivity contribution in [3.05, 3.63) is 155 Å². The Morgan fingerprint density at radius 3 is 1.31 bits per heavy atom. The van der Waals surface area contributed by atoms with E-state index in [1.165, 1.54) is 0 Å². The maximum absolute atomic E-state index is 14.2. The molecule has 4 aliphatic rings. The molecular formula is C54H56N10O6. The molecule has 0 saturated carbocycles. The topological polar surface area (TPSA) is 203 Å². The molecule has 6 aromatic rings. The van der Waals surface area contributed by atoms with Crippen molar-refractivity contribution in [1.82, 2.24) is 50.2 Å². The number of hydrogen-bond acceptors (Lipinski definition) is 8. The highest BCUT2D eigenvalue weighted by atomic mass is 16.3. The fraction of sp³-hybridized carbons (Fsp3) is 0.333. The molecule has 6 heterocycles. The zero-order chi connectivity index (χ0) is 48.1. The van der Waals surface area contributed by atoms with Crippen molar-refractivity contribution in [2.75, 3.05) is 39.3 Å². The summed E-state index contributed by atoms with van der Waals surface area (Å²) in [7, 11) is 0. The summed E-state index contributed by atoms with van der Waals surface area (Å²) in [6, 6.07) is 31.3. The fourth-order valence-electron chi connectivity index (χ4n) is 10.0. The number of nitrogens with zero attached hydrogens (tertiary/aromatic N) is 6. The van der Waals surface area contributed by atoms with Gasteiger partial charge in [0, 0.05) is 50.4 Å². The van der Waals surface area contributed by atoms with Gasteiger partial charge in [0.2, 0.25) is 11.8 Å². The quantitative estimate of drug-likeness (QED) is 0.0868. The highest BCUT2D eigenvalue weighted by Crippen LogP contribution is 2.36. The monoisotopic (exact) mass is 940 g/mol. The summed E-state index contributed by atoms with van der Waals surface area (Å²) >= 11 is 0.